The third kappa shape index (κ3) is 0.886. The molecule has 4 saturated carbocycles. The van der Waals surface area contributed by atoms with Crippen LogP contribution in [0.15, 0.2) is 0 Å². The molecule has 10 atom stereocenters. The van der Waals surface area contributed by atoms with Gasteiger partial charge in [-0.3, -0.25) is 4.79 Å². The predicted molar refractivity (Wildman–Crippen MR) is 66.4 cm³/mol. The summed E-state index contributed by atoms with van der Waals surface area (Å²) in [6, 6.07) is 0. The van der Waals surface area contributed by atoms with Gasteiger partial charge in [-0.2, -0.15) is 0 Å². The predicted octanol–water partition coefficient (Wildman–Crippen LogP) is 2.58. The Hall–Kier alpha value is -0.530. The Bertz CT molecular complexity index is 431. The van der Waals surface area contributed by atoms with Gasteiger partial charge in [0, 0.05) is 5.92 Å². The van der Waals surface area contributed by atoms with Crippen molar-refractivity contribution in [3.8, 4) is 0 Å². The van der Waals surface area contributed by atoms with Crippen LogP contribution in [0.2, 0.25) is 0 Å². The van der Waals surface area contributed by atoms with Crippen LogP contribution in [-0.2, 0) is 9.53 Å². The molecule has 0 aromatic rings. The minimum atomic E-state index is 0.148. The Labute approximate surface area is 108 Å². The van der Waals surface area contributed by atoms with Gasteiger partial charge in [0.1, 0.15) is 0 Å². The molecule has 0 radical (unpaired) electrons. The highest BCUT2D eigenvalue weighted by molar-refractivity contribution is 5.76. The van der Waals surface area contributed by atoms with Gasteiger partial charge in [-0.1, -0.05) is 13.8 Å². The molecular weight excluding hydrogens is 224 g/mol. The summed E-state index contributed by atoms with van der Waals surface area (Å²) in [4.78, 5) is 12.0. The van der Waals surface area contributed by atoms with Crippen molar-refractivity contribution in [2.24, 2.45) is 59.2 Å². The summed E-state index contributed by atoms with van der Waals surface area (Å²) in [7, 11) is 0. The molecule has 18 heavy (non-hydrogen) atoms. The van der Waals surface area contributed by atoms with Gasteiger partial charge >= 0.3 is 5.97 Å². The minimum absolute atomic E-state index is 0.148. The normalized spacial score (nSPS) is 67.3. The fourth-order valence-corrected chi connectivity index (χ4v) is 7.23. The maximum Gasteiger partial charge on any atom is 0.309 e. The van der Waals surface area contributed by atoms with Crippen molar-refractivity contribution < 1.29 is 9.53 Å². The van der Waals surface area contributed by atoms with Crippen LogP contribution in [0.4, 0.5) is 0 Å². The number of carbonyl (C=O) groups excluding carboxylic acids is 1. The van der Waals surface area contributed by atoms with Gasteiger partial charge in [0.05, 0.1) is 12.5 Å². The molecule has 0 N–H and O–H groups in total. The van der Waals surface area contributed by atoms with E-state index in [2.05, 4.69) is 13.8 Å². The summed E-state index contributed by atoms with van der Waals surface area (Å²) in [6.45, 7) is 5.68. The molecule has 10 unspecified atom stereocenters. The first-order valence-corrected chi connectivity index (χ1v) is 7.85. The number of ether oxygens (including phenoxy) is 1. The molecule has 1 heterocycles. The topological polar surface area (TPSA) is 26.3 Å². The van der Waals surface area contributed by atoms with Crippen LogP contribution in [0.5, 0.6) is 0 Å². The first-order chi connectivity index (χ1) is 8.68. The van der Waals surface area contributed by atoms with E-state index in [1.807, 2.05) is 0 Å². The average Bonchev–Trinajstić information content (AvgIpc) is 3.06. The Balaban J connectivity index is 1.57. The molecule has 0 aromatic carbocycles. The smallest absolute Gasteiger partial charge is 0.309 e. The largest absolute Gasteiger partial charge is 0.465 e. The van der Waals surface area contributed by atoms with E-state index in [0.29, 0.717) is 17.8 Å². The number of hydrogen-bond donors (Lipinski definition) is 0. The van der Waals surface area contributed by atoms with Crippen molar-refractivity contribution in [3.63, 3.8) is 0 Å². The van der Waals surface area contributed by atoms with E-state index in [1.165, 1.54) is 12.8 Å². The zero-order chi connectivity index (χ0) is 12.2. The lowest BCUT2D eigenvalue weighted by Gasteiger charge is -2.43. The van der Waals surface area contributed by atoms with Crippen molar-refractivity contribution in [1.82, 2.24) is 0 Å². The maximum absolute atomic E-state index is 12.0. The van der Waals surface area contributed by atoms with Crippen molar-refractivity contribution >= 4 is 5.97 Å². The molecule has 98 valence electrons. The second-order valence-corrected chi connectivity index (χ2v) is 7.82. The fourth-order valence-electron chi connectivity index (χ4n) is 7.23. The number of cyclic esters (lactones) is 1. The third-order valence-corrected chi connectivity index (χ3v) is 7.85. The van der Waals surface area contributed by atoms with Gasteiger partial charge in [-0.05, 0) is 60.2 Å². The third-order valence-electron chi connectivity index (χ3n) is 7.85. The van der Waals surface area contributed by atoms with Crippen LogP contribution in [0.25, 0.3) is 0 Å². The summed E-state index contributed by atoms with van der Waals surface area (Å²) in [6.07, 6.45) is 2.82. The van der Waals surface area contributed by atoms with Crippen LogP contribution in [0.3, 0.4) is 0 Å². The zero-order valence-electron chi connectivity index (χ0n) is 11.2. The van der Waals surface area contributed by atoms with Gasteiger partial charge in [0.2, 0.25) is 0 Å². The van der Waals surface area contributed by atoms with Crippen LogP contribution in [-0.4, -0.2) is 12.6 Å². The fraction of sp³-hybridized carbons (Fsp3) is 0.938. The molecule has 0 spiro atoms. The lowest BCUT2D eigenvalue weighted by atomic mass is 9.60. The number of rotatable bonds is 0. The van der Waals surface area contributed by atoms with E-state index in [9.17, 15) is 4.79 Å². The molecule has 4 bridgehead atoms. The molecule has 2 nitrogen and oxygen atoms in total. The monoisotopic (exact) mass is 246 g/mol. The number of hydrogen-bond acceptors (Lipinski definition) is 2. The molecule has 1 aliphatic heterocycles. The van der Waals surface area contributed by atoms with Gasteiger partial charge in [0.25, 0.3) is 0 Å². The molecule has 2 heteroatoms. The van der Waals surface area contributed by atoms with Crippen molar-refractivity contribution in [2.75, 3.05) is 6.61 Å². The van der Waals surface area contributed by atoms with Crippen LogP contribution >= 0.6 is 0 Å². The van der Waals surface area contributed by atoms with E-state index in [4.69, 9.17) is 4.74 Å². The van der Waals surface area contributed by atoms with E-state index in [-0.39, 0.29) is 5.97 Å². The second kappa shape index (κ2) is 2.96. The Morgan fingerprint density at radius 1 is 0.889 bits per heavy atom. The summed E-state index contributed by atoms with van der Waals surface area (Å²) in [5, 5.41) is 0. The highest BCUT2D eigenvalue weighted by Crippen LogP contribution is 2.73. The van der Waals surface area contributed by atoms with Crippen LogP contribution < -0.4 is 0 Å². The number of fused-ring (bicyclic) bond motifs is 12. The standard InChI is InChI=1S/C16H22O2/c1-6-7(2)9-3-8(6)13-10-4-11(14(9)13)15-12(10)5-18-16(15)17/h6-15H,3-5H2,1-2H3. The Kier molecular flexibility index (Phi) is 1.69. The molecule has 1 saturated heterocycles. The van der Waals surface area contributed by atoms with Gasteiger partial charge in [-0.25, -0.2) is 0 Å². The molecule has 4 aliphatic carbocycles. The quantitative estimate of drug-likeness (QED) is 0.485. The molecule has 5 fully saturated rings. The minimum Gasteiger partial charge on any atom is -0.465 e. The van der Waals surface area contributed by atoms with Crippen molar-refractivity contribution in [3.05, 3.63) is 0 Å². The summed E-state index contributed by atoms with van der Waals surface area (Å²) in [5.41, 5.74) is 0. The highest BCUT2D eigenvalue weighted by atomic mass is 16.5. The molecule has 5 aliphatic rings. The Morgan fingerprint density at radius 3 is 2.22 bits per heavy atom. The van der Waals surface area contributed by atoms with E-state index < -0.39 is 0 Å². The lowest BCUT2D eigenvalue weighted by molar-refractivity contribution is -0.143. The van der Waals surface area contributed by atoms with Crippen LogP contribution in [0.1, 0.15) is 26.7 Å². The van der Waals surface area contributed by atoms with Gasteiger partial charge in [-0.15, -0.1) is 0 Å². The van der Waals surface area contributed by atoms with Gasteiger partial charge in [0.15, 0.2) is 0 Å². The summed E-state index contributed by atoms with van der Waals surface area (Å²) >= 11 is 0. The lowest BCUT2D eigenvalue weighted by Crippen LogP contribution is -2.42. The number of esters is 1. The first-order valence-electron chi connectivity index (χ1n) is 7.85. The zero-order valence-corrected chi connectivity index (χ0v) is 11.2. The first kappa shape index (κ1) is 10.3. The summed E-state index contributed by atoms with van der Waals surface area (Å²) in [5.74, 6) is 8.16. The second-order valence-electron chi connectivity index (χ2n) is 7.82. The SMILES string of the molecule is CC1C(C)C2CC1C1C3CC(C4C(=O)OCC34)C21. The Morgan fingerprint density at radius 2 is 1.50 bits per heavy atom. The molecule has 0 amide bonds. The highest BCUT2D eigenvalue weighted by Gasteiger charge is 2.70. The van der Waals surface area contributed by atoms with Crippen LogP contribution in [0, 0.1) is 59.2 Å². The van der Waals surface area contributed by atoms with E-state index in [0.717, 1.165) is 48.0 Å². The average molecular weight is 246 g/mol. The van der Waals surface area contributed by atoms with E-state index >= 15 is 0 Å². The van der Waals surface area contributed by atoms with Crippen molar-refractivity contribution in [2.45, 2.75) is 26.7 Å². The van der Waals surface area contributed by atoms with E-state index in [1.54, 1.807) is 0 Å². The van der Waals surface area contributed by atoms with Crippen molar-refractivity contribution in [1.29, 1.82) is 0 Å². The number of carbonyl (C=O) groups is 1. The molecule has 0 aromatic heterocycles. The molecule has 5 rings (SSSR count). The van der Waals surface area contributed by atoms with Gasteiger partial charge < -0.3 is 4.74 Å². The summed E-state index contributed by atoms with van der Waals surface area (Å²) < 4.78 is 5.37. The molecular formula is C16H22O2. The maximum atomic E-state index is 12.0.